The number of carbonyl (C=O) groups is 1. The Morgan fingerprint density at radius 1 is 1.41 bits per heavy atom. The summed E-state index contributed by atoms with van der Waals surface area (Å²) in [5, 5.41) is 5.35. The summed E-state index contributed by atoms with van der Waals surface area (Å²) in [7, 11) is 0. The van der Waals surface area contributed by atoms with Gasteiger partial charge in [0.25, 0.3) is 0 Å². The number of benzene rings is 1. The maximum absolute atomic E-state index is 13.1. The van der Waals surface area contributed by atoms with Crippen molar-refractivity contribution in [2.45, 2.75) is 18.9 Å². The van der Waals surface area contributed by atoms with E-state index in [4.69, 9.17) is 5.73 Å². The predicted molar refractivity (Wildman–Crippen MR) is 60.4 cm³/mol. The molecule has 0 atom stereocenters. The van der Waals surface area contributed by atoms with Gasteiger partial charge in [0.15, 0.2) is 5.82 Å². The summed E-state index contributed by atoms with van der Waals surface area (Å²) >= 11 is 0. The Morgan fingerprint density at radius 2 is 2.12 bits per heavy atom. The molecular weight excluding hydrogens is 228 g/mol. The van der Waals surface area contributed by atoms with E-state index >= 15 is 0 Å². The molecule has 1 saturated carbocycles. The van der Waals surface area contributed by atoms with Crippen molar-refractivity contribution in [2.75, 3.05) is 17.6 Å². The molecule has 0 radical (unpaired) electrons. The van der Waals surface area contributed by atoms with Gasteiger partial charge in [-0.25, -0.2) is 8.78 Å². The van der Waals surface area contributed by atoms with Gasteiger partial charge < -0.3 is 16.4 Å². The third-order valence-corrected chi connectivity index (χ3v) is 2.48. The minimum atomic E-state index is -0.838. The lowest BCUT2D eigenvalue weighted by Gasteiger charge is -2.10. The maximum Gasteiger partial charge on any atom is 0.239 e. The Bertz CT molecular complexity index is 447. The number of hydrogen-bond donors (Lipinski definition) is 3. The van der Waals surface area contributed by atoms with Crippen molar-refractivity contribution in [3.63, 3.8) is 0 Å². The van der Waals surface area contributed by atoms with E-state index in [9.17, 15) is 13.6 Å². The van der Waals surface area contributed by atoms with Crippen molar-refractivity contribution >= 4 is 17.3 Å². The molecule has 0 saturated heterocycles. The summed E-state index contributed by atoms with van der Waals surface area (Å²) in [6, 6.07) is 2.01. The van der Waals surface area contributed by atoms with Gasteiger partial charge in [0.1, 0.15) is 5.82 Å². The number of carbonyl (C=O) groups excluding carboxylic acids is 1. The Morgan fingerprint density at radius 3 is 2.76 bits per heavy atom. The molecule has 6 heteroatoms. The first-order chi connectivity index (χ1) is 8.06. The second-order valence-electron chi connectivity index (χ2n) is 4.04. The molecule has 1 fully saturated rings. The molecule has 4 nitrogen and oxygen atoms in total. The lowest BCUT2D eigenvalue weighted by Crippen LogP contribution is -2.31. The van der Waals surface area contributed by atoms with E-state index in [0.717, 1.165) is 18.9 Å². The zero-order valence-corrected chi connectivity index (χ0v) is 9.09. The molecule has 1 aliphatic rings. The smallest absolute Gasteiger partial charge is 0.239 e. The number of nitrogen functional groups attached to an aromatic ring is 1. The second kappa shape index (κ2) is 4.57. The van der Waals surface area contributed by atoms with Crippen LogP contribution in [0, 0.1) is 11.6 Å². The molecule has 0 aromatic heterocycles. The van der Waals surface area contributed by atoms with E-state index in [1.807, 2.05) is 0 Å². The molecule has 0 aliphatic heterocycles. The normalized spacial score (nSPS) is 14.5. The molecule has 17 heavy (non-hydrogen) atoms. The lowest BCUT2D eigenvalue weighted by atomic mass is 10.2. The molecule has 1 aromatic rings. The van der Waals surface area contributed by atoms with E-state index in [1.165, 1.54) is 0 Å². The highest BCUT2D eigenvalue weighted by Crippen LogP contribution is 2.23. The number of hydrogen-bond acceptors (Lipinski definition) is 3. The van der Waals surface area contributed by atoms with Crippen LogP contribution in [0.5, 0.6) is 0 Å². The third-order valence-electron chi connectivity index (χ3n) is 2.48. The molecule has 1 aromatic carbocycles. The van der Waals surface area contributed by atoms with Crippen LogP contribution in [0.2, 0.25) is 0 Å². The van der Waals surface area contributed by atoms with Crippen LogP contribution < -0.4 is 16.4 Å². The van der Waals surface area contributed by atoms with Crippen molar-refractivity contribution in [2.24, 2.45) is 0 Å². The number of halogens is 2. The van der Waals surface area contributed by atoms with Crippen LogP contribution in [0.3, 0.4) is 0 Å². The number of rotatable bonds is 4. The van der Waals surface area contributed by atoms with Crippen molar-refractivity contribution < 1.29 is 13.6 Å². The van der Waals surface area contributed by atoms with Gasteiger partial charge in [-0.3, -0.25) is 4.79 Å². The van der Waals surface area contributed by atoms with Gasteiger partial charge in [0, 0.05) is 12.1 Å². The Hall–Kier alpha value is -1.85. The quantitative estimate of drug-likeness (QED) is 0.695. The van der Waals surface area contributed by atoms with Crippen LogP contribution in [-0.2, 0) is 4.79 Å². The number of nitrogens with one attached hydrogen (secondary N) is 2. The highest BCUT2D eigenvalue weighted by atomic mass is 19.1. The summed E-state index contributed by atoms with van der Waals surface area (Å²) in [5.74, 6) is -1.78. The fourth-order valence-corrected chi connectivity index (χ4v) is 1.41. The fraction of sp³-hybridized carbons (Fsp3) is 0.364. The van der Waals surface area contributed by atoms with Crippen molar-refractivity contribution in [3.8, 4) is 0 Å². The summed E-state index contributed by atoms with van der Waals surface area (Å²) < 4.78 is 26.0. The highest BCUT2D eigenvalue weighted by Gasteiger charge is 2.23. The molecule has 1 amide bonds. The van der Waals surface area contributed by atoms with Crippen LogP contribution in [-0.4, -0.2) is 18.5 Å². The van der Waals surface area contributed by atoms with Gasteiger partial charge in [0.2, 0.25) is 5.91 Å². The van der Waals surface area contributed by atoms with Crippen molar-refractivity contribution in [1.29, 1.82) is 0 Å². The summed E-state index contributed by atoms with van der Waals surface area (Å²) in [6.07, 6.45) is 1.98. The molecule has 1 aliphatic carbocycles. The largest absolute Gasteiger partial charge is 0.395 e. The Kier molecular flexibility index (Phi) is 3.12. The third kappa shape index (κ3) is 3.05. The second-order valence-corrected chi connectivity index (χ2v) is 4.04. The van der Waals surface area contributed by atoms with Crippen molar-refractivity contribution in [1.82, 2.24) is 5.32 Å². The lowest BCUT2D eigenvalue weighted by molar-refractivity contribution is -0.119. The van der Waals surface area contributed by atoms with Gasteiger partial charge in [0.05, 0.1) is 17.9 Å². The molecule has 4 N–H and O–H groups in total. The van der Waals surface area contributed by atoms with Gasteiger partial charge >= 0.3 is 0 Å². The SMILES string of the molecule is Nc1c(F)cc(F)cc1NCC(=O)NC1CC1. The van der Waals surface area contributed by atoms with E-state index in [1.54, 1.807) is 0 Å². The minimum absolute atomic E-state index is 0.0520. The van der Waals surface area contributed by atoms with Gasteiger partial charge in [-0.05, 0) is 18.9 Å². The summed E-state index contributed by atoms with van der Waals surface area (Å²) in [5.41, 5.74) is 5.32. The Balaban J connectivity index is 1.95. The van der Waals surface area contributed by atoms with E-state index < -0.39 is 11.6 Å². The first kappa shape index (κ1) is 11.6. The predicted octanol–water partition coefficient (Wildman–Crippen LogP) is 1.24. The topological polar surface area (TPSA) is 67.1 Å². The fourth-order valence-electron chi connectivity index (χ4n) is 1.41. The van der Waals surface area contributed by atoms with E-state index in [-0.39, 0.29) is 29.9 Å². The van der Waals surface area contributed by atoms with Crippen LogP contribution in [0.1, 0.15) is 12.8 Å². The van der Waals surface area contributed by atoms with Crippen molar-refractivity contribution in [3.05, 3.63) is 23.8 Å². The van der Waals surface area contributed by atoms with Crippen LogP contribution in [0.15, 0.2) is 12.1 Å². The Labute approximate surface area is 97.2 Å². The summed E-state index contributed by atoms with van der Waals surface area (Å²) in [4.78, 5) is 11.3. The van der Waals surface area contributed by atoms with E-state index in [2.05, 4.69) is 10.6 Å². The number of nitrogens with two attached hydrogens (primary N) is 1. The average Bonchev–Trinajstić information content (AvgIpc) is 3.05. The van der Waals surface area contributed by atoms with Crippen LogP contribution >= 0.6 is 0 Å². The molecule has 0 bridgehead atoms. The monoisotopic (exact) mass is 241 g/mol. The molecular formula is C11H13F2N3O. The van der Waals surface area contributed by atoms with E-state index in [0.29, 0.717) is 6.07 Å². The molecule has 2 rings (SSSR count). The highest BCUT2D eigenvalue weighted by molar-refractivity contribution is 5.82. The zero-order chi connectivity index (χ0) is 12.4. The maximum atomic E-state index is 13.1. The van der Waals surface area contributed by atoms with Crippen LogP contribution in [0.25, 0.3) is 0 Å². The standard InChI is InChI=1S/C11H13F2N3O/c12-6-3-8(13)11(14)9(4-6)15-5-10(17)16-7-1-2-7/h3-4,7,15H,1-2,5,14H2,(H,16,17). The zero-order valence-electron chi connectivity index (χ0n) is 9.09. The summed E-state index contributed by atoms with van der Waals surface area (Å²) in [6.45, 7) is -0.0520. The minimum Gasteiger partial charge on any atom is -0.395 e. The number of amides is 1. The first-order valence-corrected chi connectivity index (χ1v) is 5.34. The van der Waals surface area contributed by atoms with Gasteiger partial charge in [-0.15, -0.1) is 0 Å². The average molecular weight is 241 g/mol. The number of anilines is 2. The van der Waals surface area contributed by atoms with Gasteiger partial charge in [-0.2, -0.15) is 0 Å². The van der Waals surface area contributed by atoms with Crippen LogP contribution in [0.4, 0.5) is 20.2 Å². The molecule has 0 heterocycles. The molecule has 0 spiro atoms. The molecule has 0 unspecified atom stereocenters. The van der Waals surface area contributed by atoms with Gasteiger partial charge in [-0.1, -0.05) is 0 Å². The first-order valence-electron chi connectivity index (χ1n) is 5.34. The molecule has 92 valence electrons.